The van der Waals surface area contributed by atoms with Gasteiger partial charge in [0.2, 0.25) is 11.8 Å². The van der Waals surface area contributed by atoms with Crippen LogP contribution in [0.1, 0.15) is 0 Å². The Labute approximate surface area is 268 Å². The maximum Gasteiger partial charge on any atom is 0.227 e. The highest BCUT2D eigenvalue weighted by molar-refractivity contribution is 7.17. The summed E-state index contributed by atoms with van der Waals surface area (Å²) in [6.07, 6.45) is 0. The van der Waals surface area contributed by atoms with Gasteiger partial charge in [-0.15, -0.1) is 11.3 Å². The SMILES string of the molecule is c1ccc2oc(-c3ccc(N(c4ccc(-c5nc6ccccc6o5)cc4)c4ccc(-c5csc6ccccc56)cc4)cc3)nc2c1. The fourth-order valence-electron chi connectivity index (χ4n) is 5.94. The van der Waals surface area contributed by atoms with Crippen molar-refractivity contribution in [2.45, 2.75) is 0 Å². The lowest BCUT2D eigenvalue weighted by molar-refractivity contribution is 0.619. The predicted molar refractivity (Wildman–Crippen MR) is 188 cm³/mol. The molecule has 0 fully saturated rings. The molecule has 46 heavy (non-hydrogen) atoms. The number of aromatic nitrogens is 2. The van der Waals surface area contributed by atoms with Crippen molar-refractivity contribution < 1.29 is 8.83 Å². The molecule has 0 radical (unpaired) electrons. The van der Waals surface area contributed by atoms with E-state index in [-0.39, 0.29) is 0 Å². The van der Waals surface area contributed by atoms with Gasteiger partial charge in [-0.2, -0.15) is 0 Å². The number of oxazole rings is 2. The van der Waals surface area contributed by atoms with Gasteiger partial charge in [0.15, 0.2) is 11.2 Å². The molecular weight excluding hydrogens is 587 g/mol. The Balaban J connectivity index is 1.10. The molecule has 3 aromatic heterocycles. The molecule has 0 N–H and O–H groups in total. The van der Waals surface area contributed by atoms with Crippen molar-refractivity contribution in [2.75, 3.05) is 4.90 Å². The van der Waals surface area contributed by atoms with Crippen LogP contribution < -0.4 is 4.90 Å². The van der Waals surface area contributed by atoms with E-state index in [1.54, 1.807) is 11.3 Å². The van der Waals surface area contributed by atoms with Crippen LogP contribution in [0.3, 0.4) is 0 Å². The van der Waals surface area contributed by atoms with E-state index in [0.717, 1.165) is 50.4 Å². The molecular formula is C40H25N3O2S. The van der Waals surface area contributed by atoms with Crippen molar-refractivity contribution in [3.63, 3.8) is 0 Å². The number of anilines is 3. The van der Waals surface area contributed by atoms with Crippen molar-refractivity contribution >= 4 is 60.7 Å². The van der Waals surface area contributed by atoms with Crippen LogP contribution in [0.2, 0.25) is 0 Å². The zero-order valence-electron chi connectivity index (χ0n) is 24.5. The quantitative estimate of drug-likeness (QED) is 0.187. The van der Waals surface area contributed by atoms with Crippen LogP contribution in [0, 0.1) is 0 Å². The van der Waals surface area contributed by atoms with E-state index >= 15 is 0 Å². The summed E-state index contributed by atoms with van der Waals surface area (Å²) in [6.45, 7) is 0. The Bertz CT molecular complexity index is 2290. The van der Waals surface area contributed by atoms with E-state index in [4.69, 9.17) is 8.83 Å². The number of nitrogens with zero attached hydrogens (tertiary/aromatic N) is 3. The first-order valence-corrected chi connectivity index (χ1v) is 15.9. The topological polar surface area (TPSA) is 55.3 Å². The van der Waals surface area contributed by atoms with E-state index in [1.807, 2.05) is 48.5 Å². The molecule has 3 heterocycles. The number of para-hydroxylation sites is 4. The molecule has 0 spiro atoms. The van der Waals surface area contributed by atoms with Gasteiger partial charge in [0.25, 0.3) is 0 Å². The molecule has 0 unspecified atom stereocenters. The second-order valence-electron chi connectivity index (χ2n) is 11.1. The van der Waals surface area contributed by atoms with Crippen LogP contribution in [-0.4, -0.2) is 9.97 Å². The van der Waals surface area contributed by atoms with Crippen LogP contribution in [0.5, 0.6) is 0 Å². The summed E-state index contributed by atoms with van der Waals surface area (Å²) < 4.78 is 13.4. The van der Waals surface area contributed by atoms with Gasteiger partial charge >= 0.3 is 0 Å². The lowest BCUT2D eigenvalue weighted by Crippen LogP contribution is -2.09. The number of rotatable bonds is 6. The van der Waals surface area contributed by atoms with Crippen molar-refractivity contribution in [3.05, 3.63) is 151 Å². The van der Waals surface area contributed by atoms with Crippen molar-refractivity contribution in [3.8, 4) is 34.0 Å². The van der Waals surface area contributed by atoms with E-state index in [1.165, 1.54) is 21.2 Å². The van der Waals surface area contributed by atoms with Crippen LogP contribution in [0.4, 0.5) is 17.1 Å². The third-order valence-electron chi connectivity index (χ3n) is 8.25. The molecule has 0 atom stereocenters. The molecule has 0 aliphatic rings. The molecule has 0 bridgehead atoms. The van der Waals surface area contributed by atoms with Crippen LogP contribution >= 0.6 is 11.3 Å². The highest BCUT2D eigenvalue weighted by Gasteiger charge is 2.16. The summed E-state index contributed by atoms with van der Waals surface area (Å²) >= 11 is 1.78. The Morgan fingerprint density at radius 3 is 1.43 bits per heavy atom. The van der Waals surface area contributed by atoms with Gasteiger partial charge in [0.05, 0.1) is 0 Å². The second-order valence-corrected chi connectivity index (χ2v) is 12.0. The first kappa shape index (κ1) is 26.4. The molecule has 0 amide bonds. The first-order valence-electron chi connectivity index (χ1n) is 15.1. The summed E-state index contributed by atoms with van der Waals surface area (Å²) in [7, 11) is 0. The standard InChI is InChI=1S/C40H25N3O2S/c1-6-12-38-32(7-1)33(25-46-38)26-13-19-29(20-14-26)43(30-21-15-27(16-22-30)39-41-34-8-2-4-10-36(34)44-39)31-23-17-28(18-24-31)40-42-35-9-3-5-11-37(35)45-40/h1-25H. The van der Waals surface area contributed by atoms with Gasteiger partial charge in [-0.1, -0.05) is 54.6 Å². The molecule has 6 heteroatoms. The number of fused-ring (bicyclic) bond motifs is 3. The second kappa shape index (κ2) is 10.9. The molecule has 9 rings (SSSR count). The lowest BCUT2D eigenvalue weighted by atomic mass is 10.0. The van der Waals surface area contributed by atoms with Crippen LogP contribution in [0.15, 0.2) is 160 Å². The Morgan fingerprint density at radius 2 is 0.913 bits per heavy atom. The molecule has 0 saturated heterocycles. The fourth-order valence-corrected chi connectivity index (χ4v) is 6.91. The molecule has 218 valence electrons. The summed E-state index contributed by atoms with van der Waals surface area (Å²) in [5, 5.41) is 3.52. The molecule has 9 aromatic rings. The molecule has 0 saturated carbocycles. The minimum Gasteiger partial charge on any atom is -0.436 e. The molecule has 6 aromatic carbocycles. The predicted octanol–water partition coefficient (Wildman–Crippen LogP) is 11.7. The minimum absolute atomic E-state index is 0.606. The highest BCUT2D eigenvalue weighted by Crippen LogP contribution is 2.39. The fraction of sp³-hybridized carbons (Fsp3) is 0. The van der Waals surface area contributed by atoms with Crippen LogP contribution in [0.25, 0.3) is 66.3 Å². The molecule has 0 aliphatic carbocycles. The lowest BCUT2D eigenvalue weighted by Gasteiger charge is -2.26. The van der Waals surface area contributed by atoms with E-state index < -0.39 is 0 Å². The molecule has 5 nitrogen and oxygen atoms in total. The van der Waals surface area contributed by atoms with Crippen molar-refractivity contribution in [1.29, 1.82) is 0 Å². The van der Waals surface area contributed by atoms with Crippen LogP contribution in [-0.2, 0) is 0 Å². The summed E-state index contributed by atoms with van der Waals surface area (Å²) in [5.41, 5.74) is 10.6. The third-order valence-corrected chi connectivity index (χ3v) is 9.21. The van der Waals surface area contributed by atoms with Gasteiger partial charge < -0.3 is 13.7 Å². The maximum atomic E-state index is 6.04. The number of benzene rings is 6. The van der Waals surface area contributed by atoms with Gasteiger partial charge in [0.1, 0.15) is 11.0 Å². The zero-order chi connectivity index (χ0) is 30.5. The van der Waals surface area contributed by atoms with E-state index in [0.29, 0.717) is 11.8 Å². The number of thiophene rings is 1. The number of hydrogen-bond donors (Lipinski definition) is 0. The maximum absolute atomic E-state index is 6.04. The van der Waals surface area contributed by atoms with Crippen molar-refractivity contribution in [1.82, 2.24) is 9.97 Å². The van der Waals surface area contributed by atoms with E-state index in [9.17, 15) is 0 Å². The Kier molecular flexibility index (Phi) is 6.25. The minimum atomic E-state index is 0.606. The summed E-state index contributed by atoms with van der Waals surface area (Å²) in [4.78, 5) is 11.6. The number of hydrogen-bond acceptors (Lipinski definition) is 6. The van der Waals surface area contributed by atoms with Crippen molar-refractivity contribution in [2.24, 2.45) is 0 Å². The first-order chi connectivity index (χ1) is 22.8. The Hall–Kier alpha value is -5.98. The largest absolute Gasteiger partial charge is 0.436 e. The monoisotopic (exact) mass is 611 g/mol. The van der Waals surface area contributed by atoms with Gasteiger partial charge in [-0.3, -0.25) is 0 Å². The van der Waals surface area contributed by atoms with E-state index in [2.05, 4.69) is 117 Å². The average molecular weight is 612 g/mol. The summed E-state index contributed by atoms with van der Waals surface area (Å²) in [5.74, 6) is 1.21. The smallest absolute Gasteiger partial charge is 0.227 e. The zero-order valence-corrected chi connectivity index (χ0v) is 25.3. The normalized spacial score (nSPS) is 11.5. The third kappa shape index (κ3) is 4.64. The van der Waals surface area contributed by atoms with Gasteiger partial charge in [-0.25, -0.2) is 9.97 Å². The molecule has 0 aliphatic heterocycles. The average Bonchev–Trinajstić information content (AvgIpc) is 3.86. The summed E-state index contributed by atoms with van der Waals surface area (Å²) in [6, 6.07) is 49.7. The van der Waals surface area contributed by atoms with Gasteiger partial charge in [-0.05, 0) is 102 Å². The highest BCUT2D eigenvalue weighted by atomic mass is 32.1. The Morgan fingerprint density at radius 1 is 0.457 bits per heavy atom. The van der Waals surface area contributed by atoms with Gasteiger partial charge in [0, 0.05) is 43.8 Å².